The molecule has 2 rings (SSSR count). The van der Waals surface area contributed by atoms with Gasteiger partial charge < -0.3 is 10.6 Å². The third-order valence-electron chi connectivity index (χ3n) is 3.46. The highest BCUT2D eigenvalue weighted by atomic mass is 19.2. The summed E-state index contributed by atoms with van der Waals surface area (Å²) in [6.45, 7) is 7.28. The second-order valence-electron chi connectivity index (χ2n) is 4.92. The number of rotatable bonds is 2. The van der Waals surface area contributed by atoms with Gasteiger partial charge in [0.15, 0.2) is 11.6 Å². The number of hydrogen-bond donors (Lipinski definition) is 1. The van der Waals surface area contributed by atoms with Crippen LogP contribution in [0.5, 0.6) is 0 Å². The molecule has 0 aromatic heterocycles. The maximum absolute atomic E-state index is 13.8. The van der Waals surface area contributed by atoms with Crippen molar-refractivity contribution in [3.8, 4) is 0 Å². The van der Waals surface area contributed by atoms with Crippen LogP contribution in [-0.4, -0.2) is 37.1 Å². The molecule has 0 unspecified atom stereocenters. The van der Waals surface area contributed by atoms with Crippen LogP contribution in [0.4, 0.5) is 20.2 Å². The first kappa shape index (κ1) is 13.1. The lowest BCUT2D eigenvalue weighted by molar-refractivity contribution is 0.209. The molecule has 1 aromatic rings. The van der Waals surface area contributed by atoms with Crippen LogP contribution in [-0.2, 0) is 0 Å². The van der Waals surface area contributed by atoms with Gasteiger partial charge >= 0.3 is 0 Å². The molecule has 5 heteroatoms. The van der Waals surface area contributed by atoms with Crippen LogP contribution in [0, 0.1) is 11.6 Å². The monoisotopic (exact) mass is 255 g/mol. The van der Waals surface area contributed by atoms with Crippen LogP contribution in [0.15, 0.2) is 12.1 Å². The van der Waals surface area contributed by atoms with E-state index in [1.807, 2.05) is 4.90 Å². The van der Waals surface area contributed by atoms with Crippen molar-refractivity contribution in [3.05, 3.63) is 23.8 Å². The van der Waals surface area contributed by atoms with Crippen molar-refractivity contribution in [2.24, 2.45) is 0 Å². The van der Waals surface area contributed by atoms with E-state index in [9.17, 15) is 8.78 Å². The molecule has 0 atom stereocenters. The lowest BCUT2D eigenvalue weighted by atomic mass is 10.2. The summed E-state index contributed by atoms with van der Waals surface area (Å²) in [6, 6.07) is 2.96. The number of nitrogens with zero attached hydrogens (tertiary/aromatic N) is 2. The van der Waals surface area contributed by atoms with Crippen LogP contribution in [0.3, 0.4) is 0 Å². The average molecular weight is 255 g/mol. The van der Waals surface area contributed by atoms with E-state index in [1.54, 1.807) is 0 Å². The van der Waals surface area contributed by atoms with Crippen molar-refractivity contribution in [1.82, 2.24) is 4.90 Å². The van der Waals surface area contributed by atoms with E-state index in [0.29, 0.717) is 24.8 Å². The summed E-state index contributed by atoms with van der Waals surface area (Å²) in [4.78, 5) is 4.14. The van der Waals surface area contributed by atoms with Gasteiger partial charge in [-0.1, -0.05) is 0 Å². The summed E-state index contributed by atoms with van der Waals surface area (Å²) >= 11 is 0. The molecule has 1 saturated heterocycles. The van der Waals surface area contributed by atoms with E-state index in [4.69, 9.17) is 5.73 Å². The molecule has 0 aliphatic carbocycles. The summed E-state index contributed by atoms with van der Waals surface area (Å²) in [7, 11) is 0. The van der Waals surface area contributed by atoms with Crippen LogP contribution in [0.25, 0.3) is 0 Å². The first-order chi connectivity index (χ1) is 8.50. The topological polar surface area (TPSA) is 32.5 Å². The molecule has 0 bridgehead atoms. The number of halogens is 2. The zero-order chi connectivity index (χ0) is 13.3. The highest BCUT2D eigenvalue weighted by molar-refractivity contribution is 5.68. The van der Waals surface area contributed by atoms with Crippen molar-refractivity contribution in [1.29, 1.82) is 0 Å². The van der Waals surface area contributed by atoms with Gasteiger partial charge in [-0.2, -0.15) is 0 Å². The van der Waals surface area contributed by atoms with E-state index < -0.39 is 11.6 Å². The lowest BCUT2D eigenvalue weighted by Crippen LogP contribution is -2.49. The van der Waals surface area contributed by atoms with Crippen LogP contribution in [0.1, 0.15) is 13.8 Å². The number of anilines is 2. The maximum Gasteiger partial charge on any atom is 0.184 e. The second kappa shape index (κ2) is 5.10. The smallest absolute Gasteiger partial charge is 0.184 e. The van der Waals surface area contributed by atoms with Crippen LogP contribution < -0.4 is 10.6 Å². The van der Waals surface area contributed by atoms with Gasteiger partial charge in [0.2, 0.25) is 0 Å². The van der Waals surface area contributed by atoms with Gasteiger partial charge in [0.05, 0.1) is 11.4 Å². The Balaban J connectivity index is 2.17. The fraction of sp³-hybridized carbons (Fsp3) is 0.538. The van der Waals surface area contributed by atoms with Gasteiger partial charge in [-0.05, 0) is 26.0 Å². The summed E-state index contributed by atoms with van der Waals surface area (Å²) in [5, 5.41) is 0. The number of benzene rings is 1. The summed E-state index contributed by atoms with van der Waals surface area (Å²) in [6.07, 6.45) is 0. The van der Waals surface area contributed by atoms with Crippen molar-refractivity contribution >= 4 is 11.4 Å². The molecular formula is C13H19F2N3. The minimum absolute atomic E-state index is 0.207. The second-order valence-corrected chi connectivity index (χ2v) is 4.92. The molecule has 1 heterocycles. The molecule has 18 heavy (non-hydrogen) atoms. The third-order valence-corrected chi connectivity index (χ3v) is 3.46. The van der Waals surface area contributed by atoms with E-state index in [-0.39, 0.29) is 5.69 Å². The van der Waals surface area contributed by atoms with Gasteiger partial charge in [-0.25, -0.2) is 8.78 Å². The molecule has 100 valence electrons. The molecule has 0 spiro atoms. The van der Waals surface area contributed by atoms with Gasteiger partial charge in [0.1, 0.15) is 0 Å². The van der Waals surface area contributed by atoms with Crippen molar-refractivity contribution < 1.29 is 8.78 Å². The maximum atomic E-state index is 13.8. The van der Waals surface area contributed by atoms with Crippen molar-refractivity contribution in [3.63, 3.8) is 0 Å². The summed E-state index contributed by atoms with van der Waals surface area (Å²) in [5.41, 5.74) is 6.26. The number of nitrogen functional groups attached to an aromatic ring is 1. The normalized spacial score (nSPS) is 17.5. The highest BCUT2D eigenvalue weighted by Crippen LogP contribution is 2.29. The molecule has 0 saturated carbocycles. The quantitative estimate of drug-likeness (QED) is 0.821. The van der Waals surface area contributed by atoms with E-state index >= 15 is 0 Å². The number of nitrogens with two attached hydrogens (primary N) is 1. The van der Waals surface area contributed by atoms with E-state index in [2.05, 4.69) is 18.7 Å². The summed E-state index contributed by atoms with van der Waals surface area (Å²) in [5.74, 6) is -1.68. The van der Waals surface area contributed by atoms with Crippen molar-refractivity contribution in [2.75, 3.05) is 36.8 Å². The molecule has 1 fully saturated rings. The predicted octanol–water partition coefficient (Wildman–Crippen LogP) is 2.08. The highest BCUT2D eigenvalue weighted by Gasteiger charge is 2.23. The molecule has 1 aliphatic heterocycles. The fourth-order valence-electron chi connectivity index (χ4n) is 2.34. The number of piperazine rings is 1. The predicted molar refractivity (Wildman–Crippen MR) is 69.7 cm³/mol. The largest absolute Gasteiger partial charge is 0.397 e. The molecule has 1 aromatic carbocycles. The number of hydrogen-bond acceptors (Lipinski definition) is 3. The standard InChI is InChI=1S/C13H19F2N3/c1-9(2)17-5-7-18(8-6-17)13-11(16)4-3-10(14)12(13)15/h3-4,9H,5-8,16H2,1-2H3. The SMILES string of the molecule is CC(C)N1CCN(c2c(N)ccc(F)c2F)CC1. The molecular weight excluding hydrogens is 236 g/mol. The molecule has 3 nitrogen and oxygen atoms in total. The zero-order valence-electron chi connectivity index (χ0n) is 10.8. The van der Waals surface area contributed by atoms with E-state index in [1.165, 1.54) is 6.07 Å². The first-order valence-corrected chi connectivity index (χ1v) is 6.23. The minimum Gasteiger partial charge on any atom is -0.397 e. The Bertz CT molecular complexity index is 426. The Labute approximate surface area is 106 Å². The minimum atomic E-state index is -0.842. The van der Waals surface area contributed by atoms with Gasteiger partial charge in [0.25, 0.3) is 0 Å². The van der Waals surface area contributed by atoms with Crippen molar-refractivity contribution in [2.45, 2.75) is 19.9 Å². The Morgan fingerprint density at radius 2 is 1.72 bits per heavy atom. The Kier molecular flexibility index (Phi) is 3.71. The zero-order valence-corrected chi connectivity index (χ0v) is 10.8. The Morgan fingerprint density at radius 3 is 2.28 bits per heavy atom. The van der Waals surface area contributed by atoms with Crippen LogP contribution in [0.2, 0.25) is 0 Å². The Hall–Kier alpha value is -1.36. The third kappa shape index (κ3) is 2.41. The molecule has 0 radical (unpaired) electrons. The molecule has 1 aliphatic rings. The molecule has 2 N–H and O–H groups in total. The average Bonchev–Trinajstić information content (AvgIpc) is 2.35. The summed E-state index contributed by atoms with van der Waals surface area (Å²) < 4.78 is 27.0. The van der Waals surface area contributed by atoms with Gasteiger partial charge in [-0.3, -0.25) is 4.90 Å². The fourth-order valence-corrected chi connectivity index (χ4v) is 2.34. The molecule has 0 amide bonds. The Morgan fingerprint density at radius 1 is 1.11 bits per heavy atom. The van der Waals surface area contributed by atoms with E-state index in [0.717, 1.165) is 19.2 Å². The van der Waals surface area contributed by atoms with Crippen LogP contribution >= 0.6 is 0 Å². The van der Waals surface area contributed by atoms with Gasteiger partial charge in [0, 0.05) is 32.2 Å². The van der Waals surface area contributed by atoms with Gasteiger partial charge in [-0.15, -0.1) is 0 Å². The lowest BCUT2D eigenvalue weighted by Gasteiger charge is -2.38. The first-order valence-electron chi connectivity index (χ1n) is 6.23.